The van der Waals surface area contributed by atoms with Crippen LogP contribution >= 0.6 is 0 Å². The Morgan fingerprint density at radius 2 is 1.68 bits per heavy atom. The van der Waals surface area contributed by atoms with E-state index in [1.165, 1.54) is 0 Å². The molecule has 0 aliphatic heterocycles. The first-order valence-corrected chi connectivity index (χ1v) is 16.0. The molecule has 0 bridgehead atoms. The van der Waals surface area contributed by atoms with Gasteiger partial charge in [0.15, 0.2) is 0 Å². The fraction of sp³-hybridized carbons (Fsp3) is 0.350. The number of aromatic nitrogens is 2. The summed E-state index contributed by atoms with van der Waals surface area (Å²) in [7, 11) is 0. The van der Waals surface area contributed by atoms with Crippen LogP contribution in [-0.2, 0) is 0 Å². The van der Waals surface area contributed by atoms with Gasteiger partial charge in [0.1, 0.15) is 11.6 Å². The molecule has 0 atom stereocenters. The van der Waals surface area contributed by atoms with E-state index >= 15 is 4.39 Å². The number of allylic oxidation sites excluding steroid dienone is 13. The Morgan fingerprint density at radius 1 is 0.932 bits per heavy atom. The highest BCUT2D eigenvalue weighted by atomic mass is 19.1. The molecule has 0 spiro atoms. The predicted octanol–water partition coefficient (Wildman–Crippen LogP) is 11.9. The summed E-state index contributed by atoms with van der Waals surface area (Å²) in [4.78, 5) is 9.58. The van der Waals surface area contributed by atoms with Crippen molar-refractivity contribution in [2.24, 2.45) is 0 Å². The minimum atomic E-state index is -0.246. The maximum atomic E-state index is 15.7. The molecule has 2 aromatic heterocycles. The van der Waals surface area contributed by atoms with E-state index < -0.39 is 0 Å². The topological polar surface area (TPSA) is 37.8 Å². The summed E-state index contributed by atoms with van der Waals surface area (Å²) >= 11 is 0. The van der Waals surface area contributed by atoms with E-state index in [9.17, 15) is 0 Å². The summed E-state index contributed by atoms with van der Waals surface area (Å²) in [5.74, 6) is 0.513. The standard InChI is InChI=1S/C40H52FN3/c1-9-13-15-16-18-22-38-31(6)23-24-39(44-38)36-25-26-42-40(33(36)8)43-29-34(21-17-14-10-2)28-37(41)32(7)35(20-12-4)27-30(5)19-11-3/h12,15-28H,9-11,13-14,29H2,1-8H3,(H,42,43)/b16-15+,20-12-,21-17+,22-18-,30-19+,34-28+,35-27+,37-32-. The van der Waals surface area contributed by atoms with Gasteiger partial charge in [-0.2, -0.15) is 0 Å². The third-order valence-electron chi connectivity index (χ3n) is 7.18. The Kier molecular flexibility index (Phi) is 16.4. The second-order valence-corrected chi connectivity index (χ2v) is 11.0. The van der Waals surface area contributed by atoms with Crippen molar-refractivity contribution in [3.8, 4) is 11.3 Å². The van der Waals surface area contributed by atoms with E-state index in [1.54, 1.807) is 12.3 Å². The summed E-state index contributed by atoms with van der Waals surface area (Å²) in [5, 5.41) is 3.47. The first-order chi connectivity index (χ1) is 21.2. The van der Waals surface area contributed by atoms with Gasteiger partial charge in [-0.1, -0.05) is 99.9 Å². The van der Waals surface area contributed by atoms with E-state index in [0.29, 0.717) is 12.1 Å². The molecule has 0 aliphatic rings. The molecule has 4 heteroatoms. The van der Waals surface area contributed by atoms with Gasteiger partial charge in [0.2, 0.25) is 0 Å². The number of unbranched alkanes of at least 4 members (excludes halogenated alkanes) is 2. The zero-order chi connectivity index (χ0) is 32.3. The molecule has 44 heavy (non-hydrogen) atoms. The molecule has 0 saturated carbocycles. The molecule has 3 nitrogen and oxygen atoms in total. The van der Waals surface area contributed by atoms with Crippen molar-refractivity contribution < 1.29 is 4.39 Å². The number of pyridine rings is 2. The van der Waals surface area contributed by atoms with Crippen LogP contribution in [-0.4, -0.2) is 16.5 Å². The maximum absolute atomic E-state index is 15.7. The molecule has 2 aromatic rings. The largest absolute Gasteiger partial charge is 0.366 e. The highest BCUT2D eigenvalue weighted by Gasteiger charge is 2.11. The minimum Gasteiger partial charge on any atom is -0.366 e. The smallest absolute Gasteiger partial charge is 0.129 e. The van der Waals surface area contributed by atoms with Gasteiger partial charge < -0.3 is 5.32 Å². The van der Waals surface area contributed by atoms with Gasteiger partial charge in [-0.25, -0.2) is 14.4 Å². The number of aryl methyl sites for hydroxylation is 1. The summed E-state index contributed by atoms with van der Waals surface area (Å²) in [6.45, 7) is 16.8. The Balaban J connectivity index is 2.41. The molecule has 0 aliphatic carbocycles. The lowest BCUT2D eigenvalue weighted by Gasteiger charge is -2.14. The number of nitrogens with one attached hydrogen (secondary N) is 1. The first-order valence-electron chi connectivity index (χ1n) is 16.0. The summed E-state index contributed by atoms with van der Waals surface area (Å²) in [6.07, 6.45) is 29.1. The summed E-state index contributed by atoms with van der Waals surface area (Å²) < 4.78 is 15.7. The zero-order valence-electron chi connectivity index (χ0n) is 28.2. The molecular weight excluding hydrogens is 541 g/mol. The van der Waals surface area contributed by atoms with Crippen LogP contribution in [0.4, 0.5) is 10.2 Å². The number of hydrogen-bond donors (Lipinski definition) is 1. The van der Waals surface area contributed by atoms with Crippen LogP contribution in [0.2, 0.25) is 0 Å². The van der Waals surface area contributed by atoms with Gasteiger partial charge in [-0.15, -0.1) is 0 Å². The Morgan fingerprint density at radius 3 is 2.39 bits per heavy atom. The summed E-state index contributed by atoms with van der Waals surface area (Å²) in [6, 6.07) is 6.17. The zero-order valence-corrected chi connectivity index (χ0v) is 28.2. The van der Waals surface area contributed by atoms with Crippen LogP contribution in [0, 0.1) is 13.8 Å². The molecule has 0 fully saturated rings. The van der Waals surface area contributed by atoms with Crippen molar-refractivity contribution in [1.82, 2.24) is 9.97 Å². The highest BCUT2D eigenvalue weighted by Crippen LogP contribution is 2.27. The van der Waals surface area contributed by atoms with Gasteiger partial charge in [0.25, 0.3) is 0 Å². The second kappa shape index (κ2) is 20.0. The number of anilines is 1. The van der Waals surface area contributed by atoms with E-state index in [-0.39, 0.29) is 5.83 Å². The Hall–Kier alpha value is -4.05. The molecule has 0 aromatic carbocycles. The van der Waals surface area contributed by atoms with Crippen molar-refractivity contribution >= 4 is 11.9 Å². The van der Waals surface area contributed by atoms with Gasteiger partial charge >= 0.3 is 0 Å². The lowest BCUT2D eigenvalue weighted by molar-refractivity contribution is 0.655. The molecular formula is C40H52FN3. The Bertz CT molecular complexity index is 1460. The van der Waals surface area contributed by atoms with Crippen LogP contribution in [0.5, 0.6) is 0 Å². The molecule has 234 valence electrons. The van der Waals surface area contributed by atoms with Crippen molar-refractivity contribution in [3.05, 3.63) is 130 Å². The third kappa shape index (κ3) is 11.9. The lowest BCUT2D eigenvalue weighted by Crippen LogP contribution is -2.08. The van der Waals surface area contributed by atoms with Gasteiger partial charge in [0.05, 0.1) is 11.4 Å². The van der Waals surface area contributed by atoms with Crippen molar-refractivity contribution in [2.45, 2.75) is 87.5 Å². The van der Waals surface area contributed by atoms with E-state index in [0.717, 1.165) is 82.7 Å². The normalized spacial score (nSPS) is 14.1. The average Bonchev–Trinajstić information content (AvgIpc) is 3.00. The quantitative estimate of drug-likeness (QED) is 0.197. The maximum Gasteiger partial charge on any atom is 0.129 e. The van der Waals surface area contributed by atoms with Gasteiger partial charge in [-0.05, 0) is 100 Å². The van der Waals surface area contributed by atoms with E-state index in [2.05, 4.69) is 100 Å². The highest BCUT2D eigenvalue weighted by molar-refractivity contribution is 5.70. The van der Waals surface area contributed by atoms with Crippen LogP contribution in [0.15, 0.2) is 113 Å². The molecule has 0 unspecified atom stereocenters. The number of halogens is 1. The molecule has 2 heterocycles. The molecule has 0 saturated heterocycles. The first kappa shape index (κ1) is 36.1. The number of rotatable bonds is 16. The predicted molar refractivity (Wildman–Crippen MR) is 191 cm³/mol. The second-order valence-electron chi connectivity index (χ2n) is 11.0. The van der Waals surface area contributed by atoms with Crippen LogP contribution in [0.3, 0.4) is 0 Å². The van der Waals surface area contributed by atoms with Gasteiger partial charge in [0, 0.05) is 23.9 Å². The Labute approximate surface area is 266 Å². The molecule has 0 amide bonds. The van der Waals surface area contributed by atoms with Crippen LogP contribution < -0.4 is 5.32 Å². The van der Waals surface area contributed by atoms with Crippen molar-refractivity contribution in [1.29, 1.82) is 0 Å². The van der Waals surface area contributed by atoms with Crippen molar-refractivity contribution in [2.75, 3.05) is 11.9 Å². The van der Waals surface area contributed by atoms with Crippen LogP contribution in [0.25, 0.3) is 17.3 Å². The average molecular weight is 594 g/mol. The van der Waals surface area contributed by atoms with E-state index in [4.69, 9.17) is 4.98 Å². The third-order valence-corrected chi connectivity index (χ3v) is 7.18. The molecule has 2 rings (SSSR count). The monoisotopic (exact) mass is 593 g/mol. The fourth-order valence-electron chi connectivity index (χ4n) is 4.58. The molecule has 1 N–H and O–H groups in total. The number of nitrogens with zero attached hydrogens (tertiary/aromatic N) is 2. The minimum absolute atomic E-state index is 0.246. The van der Waals surface area contributed by atoms with E-state index in [1.807, 2.05) is 44.2 Å². The van der Waals surface area contributed by atoms with Crippen molar-refractivity contribution in [3.63, 3.8) is 0 Å². The van der Waals surface area contributed by atoms with Crippen LogP contribution in [0.1, 0.15) is 90.5 Å². The van der Waals surface area contributed by atoms with Gasteiger partial charge in [-0.3, -0.25) is 0 Å². The fourth-order valence-corrected chi connectivity index (χ4v) is 4.58. The summed E-state index contributed by atoms with van der Waals surface area (Å²) in [5.41, 5.74) is 8.45. The lowest BCUT2D eigenvalue weighted by atomic mass is 10.0. The molecule has 0 radical (unpaired) electrons. The SMILES string of the molecule is C\C=C/C(=C\C(C)=C\CC)C(/C)=C(F)/C=C(\C=C\CCC)CNc1nccc(-c2ccc(C)c(/C=C\C=C\CCC)n2)c1C. The number of hydrogen-bond acceptors (Lipinski definition) is 3.